The molecular weight excluding hydrogens is 338 g/mol. The standard InChI is InChI=1S/C18H15N3O3S/c1-3-11-21(15-8-6-13(7-9-15)17(22)24-2)18(23)20-16(25)14-5-4-10-19-12-14/h1,4-10,12H,11H2,2H3,(H,20,23,25). The molecule has 1 aromatic heterocycles. The quantitative estimate of drug-likeness (QED) is 0.519. The van der Waals surface area contributed by atoms with Gasteiger partial charge in [0.2, 0.25) is 0 Å². The van der Waals surface area contributed by atoms with Crippen molar-refractivity contribution < 1.29 is 14.3 Å². The number of thiocarbonyl (C=S) groups is 1. The summed E-state index contributed by atoms with van der Waals surface area (Å²) in [6, 6.07) is 9.31. The minimum absolute atomic E-state index is 0.0407. The summed E-state index contributed by atoms with van der Waals surface area (Å²) in [5, 5.41) is 2.62. The van der Waals surface area contributed by atoms with Crippen molar-refractivity contribution in [3.8, 4) is 12.3 Å². The van der Waals surface area contributed by atoms with Crippen LogP contribution in [0.25, 0.3) is 0 Å². The van der Waals surface area contributed by atoms with Gasteiger partial charge in [0, 0.05) is 23.6 Å². The first-order chi connectivity index (χ1) is 12.1. The number of pyridine rings is 1. The summed E-state index contributed by atoms with van der Waals surface area (Å²) in [6.07, 6.45) is 8.52. The zero-order chi connectivity index (χ0) is 18.2. The SMILES string of the molecule is C#CCN(C(=O)NC(=S)c1cccnc1)c1ccc(C(=O)OC)cc1. The number of nitrogens with zero attached hydrogens (tertiary/aromatic N) is 2. The van der Waals surface area contributed by atoms with Crippen LogP contribution in [0.2, 0.25) is 0 Å². The molecule has 7 heteroatoms. The Morgan fingerprint density at radius 3 is 2.56 bits per heavy atom. The summed E-state index contributed by atoms with van der Waals surface area (Å²) in [7, 11) is 1.30. The molecule has 1 aromatic carbocycles. The molecule has 0 radical (unpaired) electrons. The van der Waals surface area contributed by atoms with Gasteiger partial charge in [0.25, 0.3) is 0 Å². The minimum Gasteiger partial charge on any atom is -0.465 e. The summed E-state index contributed by atoms with van der Waals surface area (Å²) in [4.78, 5) is 29.5. The van der Waals surface area contributed by atoms with Crippen molar-refractivity contribution in [2.45, 2.75) is 0 Å². The zero-order valence-electron chi connectivity index (χ0n) is 13.4. The van der Waals surface area contributed by atoms with E-state index in [4.69, 9.17) is 18.6 Å². The lowest BCUT2D eigenvalue weighted by Crippen LogP contribution is -2.43. The first kappa shape index (κ1) is 18.1. The molecule has 2 aromatic rings. The number of anilines is 1. The molecular formula is C18H15N3O3S. The Morgan fingerprint density at radius 2 is 2.00 bits per heavy atom. The number of amides is 2. The molecule has 0 aliphatic carbocycles. The summed E-state index contributed by atoms with van der Waals surface area (Å²) in [6.45, 7) is 0.0407. The fourth-order valence-corrected chi connectivity index (χ4v) is 2.21. The Hall–Kier alpha value is -3.24. The minimum atomic E-state index is -0.474. The maximum absolute atomic E-state index is 12.5. The highest BCUT2D eigenvalue weighted by Crippen LogP contribution is 2.16. The molecule has 126 valence electrons. The molecule has 0 spiro atoms. The third kappa shape index (κ3) is 4.62. The number of carbonyl (C=O) groups excluding carboxylic acids is 2. The monoisotopic (exact) mass is 353 g/mol. The van der Waals surface area contributed by atoms with E-state index in [0.717, 1.165) is 0 Å². The predicted molar refractivity (Wildman–Crippen MR) is 98.4 cm³/mol. The molecule has 0 bridgehead atoms. The Labute approximate surface area is 150 Å². The van der Waals surface area contributed by atoms with Gasteiger partial charge in [0.05, 0.1) is 19.2 Å². The van der Waals surface area contributed by atoms with Crippen molar-refractivity contribution in [3.05, 3.63) is 59.9 Å². The number of methoxy groups -OCH3 is 1. The van der Waals surface area contributed by atoms with Crippen LogP contribution >= 0.6 is 12.2 Å². The highest BCUT2D eigenvalue weighted by atomic mass is 32.1. The fraction of sp³-hybridized carbons (Fsp3) is 0.111. The maximum atomic E-state index is 12.5. The van der Waals surface area contributed by atoms with E-state index in [1.807, 2.05) is 0 Å². The van der Waals surface area contributed by atoms with Gasteiger partial charge in [-0.15, -0.1) is 6.42 Å². The van der Waals surface area contributed by atoms with Gasteiger partial charge in [0.15, 0.2) is 0 Å². The molecule has 0 saturated heterocycles. The lowest BCUT2D eigenvalue weighted by atomic mass is 10.2. The van der Waals surface area contributed by atoms with Crippen LogP contribution < -0.4 is 10.2 Å². The topological polar surface area (TPSA) is 71.5 Å². The third-order valence-electron chi connectivity index (χ3n) is 3.24. The Morgan fingerprint density at radius 1 is 1.28 bits per heavy atom. The third-order valence-corrected chi connectivity index (χ3v) is 3.58. The van der Waals surface area contributed by atoms with E-state index in [9.17, 15) is 9.59 Å². The molecule has 0 fully saturated rings. The molecule has 1 heterocycles. The predicted octanol–water partition coefficient (Wildman–Crippen LogP) is 2.39. The van der Waals surface area contributed by atoms with E-state index in [-0.39, 0.29) is 11.5 Å². The Bertz CT molecular complexity index is 814. The molecule has 2 rings (SSSR count). The average Bonchev–Trinajstić information content (AvgIpc) is 2.66. The number of terminal acetylenes is 1. The van der Waals surface area contributed by atoms with Gasteiger partial charge >= 0.3 is 12.0 Å². The van der Waals surface area contributed by atoms with Crippen LogP contribution in [0.15, 0.2) is 48.8 Å². The lowest BCUT2D eigenvalue weighted by Gasteiger charge is -2.21. The number of esters is 1. The second-order valence-corrected chi connectivity index (χ2v) is 5.24. The first-order valence-electron chi connectivity index (χ1n) is 7.21. The van der Waals surface area contributed by atoms with Crippen LogP contribution in [-0.2, 0) is 4.74 Å². The van der Waals surface area contributed by atoms with Gasteiger partial charge in [-0.2, -0.15) is 0 Å². The molecule has 0 aliphatic rings. The van der Waals surface area contributed by atoms with Crippen LogP contribution in [-0.4, -0.2) is 35.6 Å². The van der Waals surface area contributed by atoms with E-state index in [1.54, 1.807) is 48.8 Å². The van der Waals surface area contributed by atoms with Crippen molar-refractivity contribution >= 4 is 34.9 Å². The van der Waals surface area contributed by atoms with Crippen molar-refractivity contribution in [2.75, 3.05) is 18.6 Å². The Kier molecular flexibility index (Phi) is 6.20. The van der Waals surface area contributed by atoms with Gasteiger partial charge in [-0.25, -0.2) is 9.59 Å². The summed E-state index contributed by atoms with van der Waals surface area (Å²) >= 11 is 5.21. The number of hydrogen-bond acceptors (Lipinski definition) is 5. The van der Waals surface area contributed by atoms with Gasteiger partial charge in [-0.3, -0.25) is 15.2 Å². The maximum Gasteiger partial charge on any atom is 0.337 e. The molecule has 0 saturated carbocycles. The van der Waals surface area contributed by atoms with Crippen molar-refractivity contribution in [1.29, 1.82) is 0 Å². The normalized spacial score (nSPS) is 9.60. The number of rotatable bonds is 4. The second-order valence-electron chi connectivity index (χ2n) is 4.83. The van der Waals surface area contributed by atoms with Gasteiger partial charge in [0.1, 0.15) is 4.99 Å². The molecule has 2 amide bonds. The van der Waals surface area contributed by atoms with Crippen LogP contribution in [0.3, 0.4) is 0 Å². The largest absolute Gasteiger partial charge is 0.465 e. The van der Waals surface area contributed by atoms with E-state index in [0.29, 0.717) is 16.8 Å². The van der Waals surface area contributed by atoms with E-state index in [2.05, 4.69) is 21.0 Å². The number of nitrogens with one attached hydrogen (secondary N) is 1. The van der Waals surface area contributed by atoms with Crippen LogP contribution in [0.5, 0.6) is 0 Å². The van der Waals surface area contributed by atoms with Crippen LogP contribution in [0.1, 0.15) is 15.9 Å². The fourth-order valence-electron chi connectivity index (χ4n) is 2.00. The van der Waals surface area contributed by atoms with Gasteiger partial charge in [-0.1, -0.05) is 18.1 Å². The number of aromatic nitrogens is 1. The molecule has 25 heavy (non-hydrogen) atoms. The molecule has 6 nitrogen and oxygen atoms in total. The first-order valence-corrected chi connectivity index (χ1v) is 7.62. The Balaban J connectivity index is 2.17. The number of benzene rings is 1. The zero-order valence-corrected chi connectivity index (χ0v) is 14.2. The highest BCUT2D eigenvalue weighted by molar-refractivity contribution is 7.80. The van der Waals surface area contributed by atoms with Crippen molar-refractivity contribution in [1.82, 2.24) is 10.3 Å². The van der Waals surface area contributed by atoms with E-state index < -0.39 is 12.0 Å². The number of carbonyl (C=O) groups is 2. The van der Waals surface area contributed by atoms with Crippen molar-refractivity contribution in [2.24, 2.45) is 0 Å². The number of ether oxygens (including phenoxy) is 1. The van der Waals surface area contributed by atoms with Gasteiger partial charge < -0.3 is 4.74 Å². The lowest BCUT2D eigenvalue weighted by molar-refractivity contribution is 0.0600. The molecule has 0 aliphatic heterocycles. The number of hydrogen-bond donors (Lipinski definition) is 1. The van der Waals surface area contributed by atoms with E-state index >= 15 is 0 Å². The summed E-state index contributed by atoms with van der Waals surface area (Å²) in [5.41, 5.74) is 1.52. The molecule has 1 N–H and O–H groups in total. The van der Waals surface area contributed by atoms with Gasteiger partial charge in [-0.05, 0) is 36.4 Å². The molecule has 0 atom stereocenters. The van der Waals surface area contributed by atoms with Crippen LogP contribution in [0, 0.1) is 12.3 Å². The summed E-state index contributed by atoms with van der Waals surface area (Å²) < 4.78 is 4.65. The van der Waals surface area contributed by atoms with Crippen LogP contribution in [0.4, 0.5) is 10.5 Å². The van der Waals surface area contributed by atoms with E-state index in [1.165, 1.54) is 12.0 Å². The second kappa shape index (κ2) is 8.57. The smallest absolute Gasteiger partial charge is 0.337 e. The van der Waals surface area contributed by atoms with Crippen molar-refractivity contribution in [3.63, 3.8) is 0 Å². The highest BCUT2D eigenvalue weighted by Gasteiger charge is 2.17. The number of urea groups is 1. The average molecular weight is 353 g/mol. The summed E-state index contributed by atoms with van der Waals surface area (Å²) in [5.74, 6) is 1.97. The molecule has 0 unspecified atom stereocenters.